The van der Waals surface area contributed by atoms with E-state index >= 15 is 0 Å². The Bertz CT molecular complexity index is 855. The number of benzene rings is 1. The minimum absolute atomic E-state index is 0.0161. The zero-order chi connectivity index (χ0) is 15.5. The molecule has 1 fully saturated rings. The average molecular weight is 330 g/mol. The molecule has 4 rings (SSSR count). The Hall–Kier alpha value is -1.53. The molecule has 2 aromatic rings. The minimum atomic E-state index is -0.589. The van der Waals surface area contributed by atoms with Crippen LogP contribution in [0.4, 0.5) is 0 Å². The summed E-state index contributed by atoms with van der Waals surface area (Å²) < 4.78 is 2.52. The number of rotatable bonds is 1. The molecule has 6 heteroatoms. The van der Waals surface area contributed by atoms with Gasteiger partial charge in [-0.3, -0.25) is 19.1 Å². The van der Waals surface area contributed by atoms with E-state index in [-0.39, 0.29) is 16.9 Å². The molecular weight excluding hydrogens is 316 g/mol. The quantitative estimate of drug-likeness (QED) is 0.803. The van der Waals surface area contributed by atoms with Crippen LogP contribution in [-0.4, -0.2) is 31.8 Å². The lowest BCUT2D eigenvalue weighted by Gasteiger charge is -2.02. The molecule has 0 amide bonds. The summed E-state index contributed by atoms with van der Waals surface area (Å²) in [7, 11) is 0. The van der Waals surface area contributed by atoms with Gasteiger partial charge in [-0.25, -0.2) is 0 Å². The zero-order valence-electron chi connectivity index (χ0n) is 12.2. The van der Waals surface area contributed by atoms with Crippen molar-refractivity contribution in [2.45, 2.75) is 24.8 Å². The van der Waals surface area contributed by atoms with Crippen molar-refractivity contribution in [3.05, 3.63) is 36.0 Å². The van der Waals surface area contributed by atoms with Gasteiger partial charge in [0.25, 0.3) is 0 Å². The first kappa shape index (κ1) is 14.1. The van der Waals surface area contributed by atoms with Gasteiger partial charge in [-0.05, 0) is 36.1 Å². The zero-order valence-corrected chi connectivity index (χ0v) is 13.8. The van der Waals surface area contributed by atoms with Gasteiger partial charge in [0, 0.05) is 24.4 Å². The molecule has 0 bridgehead atoms. The van der Waals surface area contributed by atoms with Crippen molar-refractivity contribution in [3.8, 4) is 0 Å². The van der Waals surface area contributed by atoms with Crippen LogP contribution >= 0.6 is 23.5 Å². The van der Waals surface area contributed by atoms with Crippen LogP contribution < -0.4 is 0 Å². The molecule has 2 atom stereocenters. The molecule has 22 heavy (non-hydrogen) atoms. The normalized spacial score (nSPS) is 26.7. The van der Waals surface area contributed by atoms with Crippen molar-refractivity contribution in [1.82, 2.24) is 4.57 Å². The van der Waals surface area contributed by atoms with E-state index in [9.17, 15) is 9.59 Å². The summed E-state index contributed by atoms with van der Waals surface area (Å²) in [5, 5.41) is 1.19. The van der Waals surface area contributed by atoms with Crippen LogP contribution in [0.25, 0.3) is 10.9 Å². The summed E-state index contributed by atoms with van der Waals surface area (Å²) >= 11 is 2.77. The third kappa shape index (κ3) is 1.83. The Morgan fingerprint density at radius 1 is 1.45 bits per heavy atom. The highest BCUT2D eigenvalue weighted by Gasteiger charge is 2.64. The van der Waals surface area contributed by atoms with Gasteiger partial charge < -0.3 is 0 Å². The van der Waals surface area contributed by atoms with Gasteiger partial charge in [0.1, 0.15) is 9.91 Å². The number of para-hydroxylation sites is 1. The van der Waals surface area contributed by atoms with E-state index in [2.05, 4.69) is 4.99 Å². The molecule has 1 saturated carbocycles. The van der Waals surface area contributed by atoms with Crippen LogP contribution in [-0.2, 0) is 4.79 Å². The highest BCUT2D eigenvalue weighted by Crippen LogP contribution is 2.61. The lowest BCUT2D eigenvalue weighted by Crippen LogP contribution is -2.14. The van der Waals surface area contributed by atoms with E-state index in [0.29, 0.717) is 0 Å². The van der Waals surface area contributed by atoms with Crippen LogP contribution in [0.1, 0.15) is 29.6 Å². The van der Waals surface area contributed by atoms with Crippen molar-refractivity contribution in [2.24, 2.45) is 4.99 Å². The third-order valence-electron chi connectivity index (χ3n) is 4.39. The first-order valence-electron chi connectivity index (χ1n) is 7.04. The Kier molecular flexibility index (Phi) is 3.03. The van der Waals surface area contributed by atoms with Crippen LogP contribution in [0.15, 0.2) is 35.5 Å². The molecule has 0 N–H and O–H groups in total. The van der Waals surface area contributed by atoms with Crippen LogP contribution in [0, 0.1) is 0 Å². The second kappa shape index (κ2) is 4.73. The summed E-state index contributed by atoms with van der Waals surface area (Å²) in [5.74, 6) is 0.0697. The van der Waals surface area contributed by atoms with Crippen molar-refractivity contribution in [1.29, 1.82) is 0 Å². The number of hydrogen-bond donors (Lipinski definition) is 0. The number of thioether (sulfide) groups is 2. The first-order valence-corrected chi connectivity index (χ1v) is 9.08. The largest absolute Gasteiger partial charge is 0.287 e. The number of fused-ring (bicyclic) bond motifs is 1. The Morgan fingerprint density at radius 2 is 2.23 bits per heavy atom. The summed E-state index contributed by atoms with van der Waals surface area (Å²) in [5.41, 5.74) is 1.37. The summed E-state index contributed by atoms with van der Waals surface area (Å²) in [4.78, 5) is 28.9. The van der Waals surface area contributed by atoms with Crippen molar-refractivity contribution >= 4 is 49.8 Å². The van der Waals surface area contributed by atoms with Crippen molar-refractivity contribution < 1.29 is 9.59 Å². The van der Waals surface area contributed by atoms with Crippen molar-refractivity contribution in [3.63, 3.8) is 0 Å². The predicted octanol–water partition coefficient (Wildman–Crippen LogP) is 3.52. The summed E-state index contributed by atoms with van der Waals surface area (Å²) in [6.45, 7) is 1.56. The highest BCUT2D eigenvalue weighted by atomic mass is 32.2. The second-order valence-corrected chi connectivity index (χ2v) is 7.66. The van der Waals surface area contributed by atoms with Gasteiger partial charge in [-0.1, -0.05) is 18.2 Å². The Labute approximate surface area is 136 Å². The maximum atomic E-state index is 12.3. The molecule has 0 radical (unpaired) electrons. The van der Waals surface area contributed by atoms with Gasteiger partial charge in [0.15, 0.2) is 0 Å². The van der Waals surface area contributed by atoms with Gasteiger partial charge >= 0.3 is 0 Å². The van der Waals surface area contributed by atoms with Crippen LogP contribution in [0.5, 0.6) is 0 Å². The molecule has 1 unspecified atom stereocenters. The second-order valence-electron chi connectivity index (χ2n) is 5.64. The molecule has 2 aliphatic rings. The minimum Gasteiger partial charge on any atom is -0.287 e. The third-order valence-corrected chi connectivity index (χ3v) is 6.38. The molecule has 1 aliphatic heterocycles. The lowest BCUT2D eigenvalue weighted by molar-refractivity contribution is -0.112. The fraction of sp³-hybridized carbons (Fsp3) is 0.312. The molecule has 1 aromatic heterocycles. The standard InChI is InChI=1S/C16H14N2O2S2/c1-9(19)18-8-11(10-5-3-4-6-13(10)18)12-7-16(12)14(20)22-15(17-16)21-2/h3-6,8,12H,7H2,1-2H3/t12-,16?/m1/s1. The molecule has 2 heterocycles. The number of aromatic nitrogens is 1. The summed E-state index contributed by atoms with van der Waals surface area (Å²) in [6, 6.07) is 7.85. The van der Waals surface area contributed by atoms with Gasteiger partial charge in [0.2, 0.25) is 11.0 Å². The predicted molar refractivity (Wildman–Crippen MR) is 91.9 cm³/mol. The number of nitrogens with zero attached hydrogens (tertiary/aromatic N) is 2. The molecule has 1 aromatic carbocycles. The fourth-order valence-electron chi connectivity index (χ4n) is 3.20. The lowest BCUT2D eigenvalue weighted by atomic mass is 10.1. The van der Waals surface area contributed by atoms with Crippen LogP contribution in [0.3, 0.4) is 0 Å². The SMILES string of the molecule is CSC1=NC2(C[C@@H]2c2cn(C(C)=O)c3ccccc23)C(=O)S1. The van der Waals surface area contributed by atoms with Gasteiger partial charge in [0.05, 0.1) is 5.52 Å². The maximum absolute atomic E-state index is 12.3. The van der Waals surface area contributed by atoms with Crippen molar-refractivity contribution in [2.75, 3.05) is 6.26 Å². The molecule has 0 saturated heterocycles. The molecule has 1 aliphatic carbocycles. The summed E-state index contributed by atoms with van der Waals surface area (Å²) in [6.07, 6.45) is 4.57. The van der Waals surface area contributed by atoms with Crippen LogP contribution in [0.2, 0.25) is 0 Å². The average Bonchev–Trinajstić information content (AvgIpc) is 2.95. The Morgan fingerprint density at radius 3 is 2.91 bits per heavy atom. The molecular formula is C16H14N2O2S2. The first-order chi connectivity index (χ1) is 10.6. The monoisotopic (exact) mass is 330 g/mol. The Balaban J connectivity index is 1.83. The number of carbonyl (C=O) groups excluding carboxylic acids is 2. The highest BCUT2D eigenvalue weighted by molar-refractivity contribution is 8.45. The molecule has 112 valence electrons. The van der Waals surface area contributed by atoms with E-state index in [0.717, 1.165) is 27.3 Å². The number of carbonyl (C=O) groups is 2. The topological polar surface area (TPSA) is 51.4 Å². The van der Waals surface area contributed by atoms with E-state index < -0.39 is 5.54 Å². The fourth-order valence-corrected chi connectivity index (χ4v) is 4.83. The molecule has 4 nitrogen and oxygen atoms in total. The molecule has 1 spiro atoms. The maximum Gasteiger partial charge on any atom is 0.227 e. The van der Waals surface area contributed by atoms with Gasteiger partial charge in [-0.2, -0.15) is 0 Å². The van der Waals surface area contributed by atoms with Gasteiger partial charge in [-0.15, -0.1) is 11.8 Å². The van der Waals surface area contributed by atoms with E-state index in [1.165, 1.54) is 23.5 Å². The van der Waals surface area contributed by atoms with E-state index in [1.54, 1.807) is 11.5 Å². The number of aliphatic imine (C=N–C) groups is 1. The van der Waals surface area contributed by atoms with E-state index in [4.69, 9.17) is 0 Å². The smallest absolute Gasteiger partial charge is 0.227 e. The number of hydrogen-bond acceptors (Lipinski definition) is 5. The van der Waals surface area contributed by atoms with E-state index in [1.807, 2.05) is 36.7 Å².